The molecule has 0 spiro atoms. The molecular formula is C19H17ClF3N5O. The van der Waals surface area contributed by atoms with Crippen molar-refractivity contribution in [1.29, 1.82) is 0 Å². The number of hydrogen-bond acceptors (Lipinski definition) is 6. The van der Waals surface area contributed by atoms with Gasteiger partial charge >= 0.3 is 6.18 Å². The first-order chi connectivity index (χ1) is 13.8. The van der Waals surface area contributed by atoms with Crippen LogP contribution in [-0.2, 0) is 6.18 Å². The lowest BCUT2D eigenvalue weighted by Crippen LogP contribution is -2.21. The minimum Gasteiger partial charge on any atom is -0.394 e. The van der Waals surface area contributed by atoms with Gasteiger partial charge in [0, 0.05) is 30.1 Å². The highest BCUT2D eigenvalue weighted by Gasteiger charge is 2.30. The van der Waals surface area contributed by atoms with E-state index >= 15 is 0 Å². The highest BCUT2D eigenvalue weighted by atomic mass is 35.5. The Morgan fingerprint density at radius 2 is 1.97 bits per heavy atom. The van der Waals surface area contributed by atoms with Crippen LogP contribution in [0, 0.1) is 0 Å². The van der Waals surface area contributed by atoms with Crippen molar-refractivity contribution in [2.75, 3.05) is 17.2 Å². The molecule has 29 heavy (non-hydrogen) atoms. The maximum atomic E-state index is 12.8. The van der Waals surface area contributed by atoms with Crippen molar-refractivity contribution in [2.24, 2.45) is 0 Å². The van der Waals surface area contributed by atoms with E-state index in [-0.39, 0.29) is 29.3 Å². The van der Waals surface area contributed by atoms with E-state index in [0.29, 0.717) is 11.5 Å². The van der Waals surface area contributed by atoms with Crippen molar-refractivity contribution in [3.63, 3.8) is 0 Å². The zero-order valence-corrected chi connectivity index (χ0v) is 16.0. The molecule has 0 saturated carbocycles. The molecule has 3 aromatic rings. The summed E-state index contributed by atoms with van der Waals surface area (Å²) in [6.45, 7) is 1.62. The molecule has 2 heterocycles. The maximum Gasteiger partial charge on any atom is 0.416 e. The average Bonchev–Trinajstić information content (AvgIpc) is 2.69. The minimum absolute atomic E-state index is 0.0976. The fourth-order valence-corrected chi connectivity index (χ4v) is 2.66. The molecule has 0 aliphatic rings. The molecule has 6 nitrogen and oxygen atoms in total. The van der Waals surface area contributed by atoms with Gasteiger partial charge in [0.1, 0.15) is 5.82 Å². The van der Waals surface area contributed by atoms with Crippen LogP contribution in [0.4, 0.5) is 30.6 Å². The van der Waals surface area contributed by atoms with Crippen molar-refractivity contribution in [2.45, 2.75) is 19.1 Å². The Morgan fingerprint density at radius 1 is 1.17 bits per heavy atom. The van der Waals surface area contributed by atoms with Gasteiger partial charge < -0.3 is 15.7 Å². The Kier molecular flexibility index (Phi) is 6.19. The monoisotopic (exact) mass is 423 g/mol. The number of halogens is 4. The topological polar surface area (TPSA) is 83.0 Å². The number of aliphatic hydroxyl groups is 1. The number of hydrogen-bond donors (Lipinski definition) is 3. The van der Waals surface area contributed by atoms with Crippen molar-refractivity contribution >= 4 is 29.1 Å². The van der Waals surface area contributed by atoms with Gasteiger partial charge in [0.05, 0.1) is 28.6 Å². The molecule has 3 N–H and O–H groups in total. The number of rotatable bonds is 6. The Balaban J connectivity index is 1.97. The molecule has 1 aromatic carbocycles. The largest absolute Gasteiger partial charge is 0.416 e. The molecule has 0 unspecified atom stereocenters. The van der Waals surface area contributed by atoms with Gasteiger partial charge in [0.2, 0.25) is 5.95 Å². The van der Waals surface area contributed by atoms with E-state index in [9.17, 15) is 18.3 Å². The number of anilines is 3. The Labute approximate surface area is 169 Å². The first-order valence-electron chi connectivity index (χ1n) is 8.57. The Bertz CT molecular complexity index is 985. The standard InChI is InChI=1S/C19H17ClF3N5O/c1-11(10-29)25-18-27-16(12-3-2-6-24-9-12)8-17(28-18)26-15-5-4-13(7-14(15)20)19(21,22)23/h2-9,11,29H,10H2,1H3,(H2,25,26,27,28)/t11-/m1/s1. The lowest BCUT2D eigenvalue weighted by molar-refractivity contribution is -0.137. The van der Waals surface area contributed by atoms with Gasteiger partial charge in [-0.2, -0.15) is 18.2 Å². The second kappa shape index (κ2) is 8.62. The molecular weight excluding hydrogens is 407 g/mol. The molecule has 152 valence electrons. The number of pyridine rings is 1. The van der Waals surface area contributed by atoms with E-state index < -0.39 is 11.7 Å². The lowest BCUT2D eigenvalue weighted by atomic mass is 10.2. The van der Waals surface area contributed by atoms with E-state index in [1.807, 2.05) is 6.07 Å². The SMILES string of the molecule is C[C@H](CO)Nc1nc(Nc2ccc(C(F)(F)F)cc2Cl)cc(-c2cccnc2)n1. The second-order valence-electron chi connectivity index (χ2n) is 6.25. The van der Waals surface area contributed by atoms with Gasteiger partial charge in [-0.3, -0.25) is 4.98 Å². The van der Waals surface area contributed by atoms with Crippen LogP contribution in [0.3, 0.4) is 0 Å². The highest BCUT2D eigenvalue weighted by Crippen LogP contribution is 2.35. The van der Waals surface area contributed by atoms with E-state index in [2.05, 4.69) is 25.6 Å². The second-order valence-corrected chi connectivity index (χ2v) is 6.66. The molecule has 0 aliphatic carbocycles. The summed E-state index contributed by atoms with van der Waals surface area (Å²) in [5.74, 6) is 0.548. The summed E-state index contributed by atoms with van der Waals surface area (Å²) in [7, 11) is 0. The van der Waals surface area contributed by atoms with Crippen LogP contribution in [-0.4, -0.2) is 32.7 Å². The minimum atomic E-state index is -4.48. The molecule has 3 rings (SSSR count). The van der Waals surface area contributed by atoms with Gasteiger partial charge in [0.25, 0.3) is 0 Å². The quantitative estimate of drug-likeness (QED) is 0.531. The predicted molar refractivity (Wildman–Crippen MR) is 105 cm³/mol. The Morgan fingerprint density at radius 3 is 2.59 bits per heavy atom. The van der Waals surface area contributed by atoms with E-state index in [1.54, 1.807) is 31.5 Å². The summed E-state index contributed by atoms with van der Waals surface area (Å²) < 4.78 is 38.5. The number of nitrogens with one attached hydrogen (secondary N) is 2. The van der Waals surface area contributed by atoms with Crippen LogP contribution in [0.5, 0.6) is 0 Å². The number of benzene rings is 1. The van der Waals surface area contributed by atoms with Crippen molar-refractivity contribution in [1.82, 2.24) is 15.0 Å². The van der Waals surface area contributed by atoms with E-state index in [0.717, 1.165) is 17.7 Å². The average molecular weight is 424 g/mol. The van der Waals surface area contributed by atoms with Gasteiger partial charge in [-0.05, 0) is 37.3 Å². The van der Waals surface area contributed by atoms with Crippen LogP contribution < -0.4 is 10.6 Å². The molecule has 0 aliphatic heterocycles. The molecule has 2 aromatic heterocycles. The molecule has 0 fully saturated rings. The van der Waals surface area contributed by atoms with Crippen LogP contribution in [0.25, 0.3) is 11.3 Å². The van der Waals surface area contributed by atoms with E-state index in [1.165, 1.54) is 6.07 Å². The molecule has 0 radical (unpaired) electrons. The third-order valence-corrected chi connectivity index (χ3v) is 4.20. The van der Waals surface area contributed by atoms with Gasteiger partial charge in [-0.25, -0.2) is 4.98 Å². The summed E-state index contributed by atoms with van der Waals surface area (Å²) >= 11 is 6.02. The van der Waals surface area contributed by atoms with Crippen LogP contribution in [0.1, 0.15) is 12.5 Å². The summed E-state index contributed by atoms with van der Waals surface area (Å²) in [5, 5.41) is 15.0. The van der Waals surface area contributed by atoms with Crippen LogP contribution in [0.15, 0.2) is 48.8 Å². The van der Waals surface area contributed by atoms with Gasteiger partial charge in [-0.15, -0.1) is 0 Å². The smallest absolute Gasteiger partial charge is 0.394 e. The summed E-state index contributed by atoms with van der Waals surface area (Å²) in [4.78, 5) is 12.8. The van der Waals surface area contributed by atoms with Gasteiger partial charge in [0.15, 0.2) is 0 Å². The number of aromatic nitrogens is 3. The zero-order chi connectivity index (χ0) is 21.0. The summed E-state index contributed by atoms with van der Waals surface area (Å²) in [6.07, 6.45) is -1.24. The van der Waals surface area contributed by atoms with Crippen molar-refractivity contribution in [3.05, 3.63) is 59.4 Å². The molecule has 1 atom stereocenters. The van der Waals surface area contributed by atoms with Crippen LogP contribution in [0.2, 0.25) is 5.02 Å². The summed E-state index contributed by atoms with van der Waals surface area (Å²) in [5.41, 5.74) is 0.671. The number of nitrogens with zero attached hydrogens (tertiary/aromatic N) is 3. The van der Waals surface area contributed by atoms with Crippen LogP contribution >= 0.6 is 11.6 Å². The summed E-state index contributed by atoms with van der Waals surface area (Å²) in [6, 6.07) is 7.90. The zero-order valence-electron chi connectivity index (χ0n) is 15.2. The third kappa shape index (κ3) is 5.33. The predicted octanol–water partition coefficient (Wildman–Crippen LogP) is 4.75. The number of alkyl halides is 3. The fourth-order valence-electron chi connectivity index (χ4n) is 2.43. The molecule has 10 heteroatoms. The fraction of sp³-hybridized carbons (Fsp3) is 0.211. The highest BCUT2D eigenvalue weighted by molar-refractivity contribution is 6.33. The van der Waals surface area contributed by atoms with E-state index in [4.69, 9.17) is 11.6 Å². The lowest BCUT2D eigenvalue weighted by Gasteiger charge is -2.15. The van der Waals surface area contributed by atoms with Crippen molar-refractivity contribution in [3.8, 4) is 11.3 Å². The molecule has 0 bridgehead atoms. The van der Waals surface area contributed by atoms with Crippen molar-refractivity contribution < 1.29 is 18.3 Å². The first-order valence-corrected chi connectivity index (χ1v) is 8.94. The number of aliphatic hydroxyl groups excluding tert-OH is 1. The first kappa shape index (κ1) is 20.8. The maximum absolute atomic E-state index is 12.8. The normalized spacial score (nSPS) is 12.5. The van der Waals surface area contributed by atoms with Gasteiger partial charge in [-0.1, -0.05) is 11.6 Å². The molecule has 0 amide bonds. The third-order valence-electron chi connectivity index (χ3n) is 3.89. The Hall–Kier alpha value is -2.91. The molecule has 0 saturated heterocycles.